The molecule has 2 rings (SSSR count). The number of halogens is 3. The zero-order chi connectivity index (χ0) is 13.3. The van der Waals surface area contributed by atoms with Crippen LogP contribution in [0.3, 0.4) is 0 Å². The molecule has 2 N–H and O–H groups in total. The van der Waals surface area contributed by atoms with Crippen LogP contribution in [0.15, 0.2) is 29.2 Å². The lowest BCUT2D eigenvalue weighted by Gasteiger charge is -2.01. The minimum Gasteiger partial charge on any atom is -0.368 e. The van der Waals surface area contributed by atoms with E-state index in [0.717, 1.165) is 4.68 Å². The summed E-state index contributed by atoms with van der Waals surface area (Å²) in [4.78, 5) is 3.58. The van der Waals surface area contributed by atoms with Gasteiger partial charge in [-0.3, -0.25) is 0 Å². The smallest absolute Gasteiger partial charge is 0.368 e. The summed E-state index contributed by atoms with van der Waals surface area (Å²) in [5.74, 6) is -1.67. The first-order chi connectivity index (χ1) is 8.41. The summed E-state index contributed by atoms with van der Waals surface area (Å²) < 4.78 is 48.5. The van der Waals surface area contributed by atoms with Crippen molar-refractivity contribution in [1.82, 2.24) is 14.8 Å². The third kappa shape index (κ3) is 2.30. The van der Waals surface area contributed by atoms with Gasteiger partial charge in [0, 0.05) is 16.3 Å². The van der Waals surface area contributed by atoms with E-state index in [1.807, 2.05) is 0 Å². The maximum atomic E-state index is 12.4. The topological polar surface area (TPSA) is 73.8 Å². The Labute approximate surface area is 103 Å². The lowest BCUT2D eigenvalue weighted by Crippen LogP contribution is -2.08. The van der Waals surface area contributed by atoms with E-state index in [2.05, 4.69) is 10.1 Å². The second-order valence-corrected chi connectivity index (χ2v) is 3.92. The molecule has 0 aliphatic carbocycles. The maximum absolute atomic E-state index is 12.4. The molecule has 1 aromatic carbocycles. The second-order valence-electron chi connectivity index (χ2n) is 3.28. The Morgan fingerprint density at radius 1 is 1.22 bits per heavy atom. The molecule has 1 heterocycles. The van der Waals surface area contributed by atoms with Crippen molar-refractivity contribution in [1.29, 1.82) is 0 Å². The molecular weight excluding hydrogens is 269 g/mol. The molecule has 5 nitrogen and oxygen atoms in total. The molecule has 0 unspecified atom stereocenters. The molecular formula is C9H6F3N4OS+. The number of rotatable bonds is 2. The van der Waals surface area contributed by atoms with Crippen LogP contribution in [0.25, 0.3) is 5.69 Å². The Kier molecular flexibility index (Phi) is 2.99. The molecule has 0 radical (unpaired) electrons. The van der Waals surface area contributed by atoms with Crippen molar-refractivity contribution in [3.63, 3.8) is 0 Å². The van der Waals surface area contributed by atoms with Crippen molar-refractivity contribution in [2.45, 2.75) is 11.1 Å². The quantitative estimate of drug-likeness (QED) is 0.846. The molecule has 0 bridgehead atoms. The predicted molar refractivity (Wildman–Crippen MR) is 57.1 cm³/mol. The van der Waals surface area contributed by atoms with Gasteiger partial charge in [0.05, 0.1) is 5.69 Å². The zero-order valence-electron chi connectivity index (χ0n) is 8.68. The summed E-state index contributed by atoms with van der Waals surface area (Å²) >= 11 is 0.280. The van der Waals surface area contributed by atoms with Gasteiger partial charge in [0.25, 0.3) is 10.7 Å². The number of nitrogens with two attached hydrogens (primary N) is 1. The standard InChI is InChI=1S/C9H6F3N4OS/c10-9(11,12)7-14-8(13)16(15-7)5-1-3-6(18-17)4-2-5/h1-4H,(H2,13,14,15)/q+1. The number of nitrogen functional groups attached to an aromatic ring is 1. The molecule has 0 saturated carbocycles. The van der Waals surface area contributed by atoms with Gasteiger partial charge in [-0.15, -0.1) is 5.10 Å². The lowest BCUT2D eigenvalue weighted by atomic mass is 10.3. The molecule has 18 heavy (non-hydrogen) atoms. The largest absolute Gasteiger partial charge is 0.505 e. The van der Waals surface area contributed by atoms with E-state index in [4.69, 9.17) is 5.73 Å². The highest BCUT2D eigenvalue weighted by atomic mass is 32.1. The number of alkyl halides is 3. The van der Waals surface area contributed by atoms with Gasteiger partial charge in [0.15, 0.2) is 0 Å². The zero-order valence-corrected chi connectivity index (χ0v) is 9.50. The number of aromatic nitrogens is 3. The van der Waals surface area contributed by atoms with Gasteiger partial charge >= 0.3 is 17.8 Å². The Morgan fingerprint density at radius 2 is 1.83 bits per heavy atom. The van der Waals surface area contributed by atoms with Gasteiger partial charge in [-0.05, 0) is 12.1 Å². The molecule has 0 fully saturated rings. The summed E-state index contributed by atoms with van der Waals surface area (Å²) in [6.07, 6.45) is -4.65. The van der Waals surface area contributed by atoms with E-state index >= 15 is 0 Å². The fourth-order valence-corrected chi connectivity index (χ4v) is 1.52. The third-order valence-electron chi connectivity index (χ3n) is 2.06. The van der Waals surface area contributed by atoms with Crippen LogP contribution in [0.5, 0.6) is 0 Å². The van der Waals surface area contributed by atoms with E-state index in [0.29, 0.717) is 10.6 Å². The van der Waals surface area contributed by atoms with Gasteiger partial charge in [0.2, 0.25) is 5.95 Å². The average Bonchev–Trinajstić information content (AvgIpc) is 2.71. The Bertz CT molecular complexity index is 578. The SMILES string of the molecule is Nc1nc(C(F)(F)F)nn1-c1ccc([S+]=O)cc1. The molecule has 94 valence electrons. The highest BCUT2D eigenvalue weighted by Crippen LogP contribution is 2.27. The van der Waals surface area contributed by atoms with E-state index in [9.17, 15) is 17.4 Å². The van der Waals surface area contributed by atoms with E-state index < -0.39 is 12.0 Å². The van der Waals surface area contributed by atoms with E-state index in [1.54, 1.807) is 0 Å². The summed E-state index contributed by atoms with van der Waals surface area (Å²) in [5.41, 5.74) is 5.66. The number of hydrogen-bond acceptors (Lipinski definition) is 4. The summed E-state index contributed by atoms with van der Waals surface area (Å²) in [7, 11) is 0. The van der Waals surface area contributed by atoms with Crippen molar-refractivity contribution in [3.8, 4) is 5.69 Å². The molecule has 0 spiro atoms. The van der Waals surface area contributed by atoms with Crippen LogP contribution in [0.4, 0.5) is 19.1 Å². The normalized spacial score (nSPS) is 11.5. The van der Waals surface area contributed by atoms with Gasteiger partial charge in [-0.25, -0.2) is 0 Å². The van der Waals surface area contributed by atoms with E-state index in [1.165, 1.54) is 24.3 Å². The maximum Gasteiger partial charge on any atom is 0.505 e. The number of hydrogen-bond donors (Lipinski definition) is 1. The second kappa shape index (κ2) is 4.33. The van der Waals surface area contributed by atoms with Crippen molar-refractivity contribution < 1.29 is 17.4 Å². The third-order valence-corrected chi connectivity index (χ3v) is 2.53. The molecule has 0 aliphatic rings. The first-order valence-corrected chi connectivity index (χ1v) is 5.36. The van der Waals surface area contributed by atoms with Crippen molar-refractivity contribution >= 4 is 17.6 Å². The van der Waals surface area contributed by atoms with Gasteiger partial charge < -0.3 is 5.73 Å². The molecule has 1 aromatic heterocycles. The van der Waals surface area contributed by atoms with Crippen molar-refractivity contribution in [3.05, 3.63) is 30.1 Å². The first kappa shape index (κ1) is 12.4. The Morgan fingerprint density at radius 3 is 2.28 bits per heavy atom. The van der Waals surface area contributed by atoms with Crippen LogP contribution in [0.2, 0.25) is 0 Å². The summed E-state index contributed by atoms with van der Waals surface area (Å²) in [5, 5.41) is 3.28. The van der Waals surface area contributed by atoms with E-state index in [-0.39, 0.29) is 17.6 Å². The monoisotopic (exact) mass is 275 g/mol. The predicted octanol–water partition coefficient (Wildman–Crippen LogP) is 1.66. The van der Waals surface area contributed by atoms with Gasteiger partial charge in [0.1, 0.15) is 0 Å². The molecule has 9 heteroatoms. The first-order valence-electron chi connectivity index (χ1n) is 4.62. The summed E-state index contributed by atoms with van der Waals surface area (Å²) in [6, 6.07) is 5.79. The molecule has 2 aromatic rings. The fourth-order valence-electron chi connectivity index (χ4n) is 1.28. The fraction of sp³-hybridized carbons (Fsp3) is 0.111. The van der Waals surface area contributed by atoms with Crippen LogP contribution >= 0.6 is 0 Å². The number of nitrogens with zero attached hydrogens (tertiary/aromatic N) is 3. The average molecular weight is 275 g/mol. The summed E-state index contributed by atoms with van der Waals surface area (Å²) in [6.45, 7) is 0. The molecule has 0 amide bonds. The van der Waals surface area contributed by atoms with Crippen LogP contribution in [0.1, 0.15) is 5.82 Å². The molecule has 0 saturated heterocycles. The lowest BCUT2D eigenvalue weighted by molar-refractivity contribution is -0.144. The molecule has 0 aliphatic heterocycles. The highest BCUT2D eigenvalue weighted by molar-refractivity contribution is 7.65. The van der Waals surface area contributed by atoms with Crippen LogP contribution in [-0.4, -0.2) is 14.8 Å². The highest BCUT2D eigenvalue weighted by Gasteiger charge is 2.37. The minimum absolute atomic E-state index is 0.280. The van der Waals surface area contributed by atoms with Crippen molar-refractivity contribution in [2.75, 3.05) is 5.73 Å². The number of anilines is 1. The van der Waals surface area contributed by atoms with Crippen LogP contribution < -0.4 is 5.73 Å². The van der Waals surface area contributed by atoms with Gasteiger partial charge in [-0.2, -0.15) is 22.8 Å². The number of benzene rings is 1. The Balaban J connectivity index is 2.44. The molecule has 0 atom stereocenters. The van der Waals surface area contributed by atoms with Crippen molar-refractivity contribution in [2.24, 2.45) is 0 Å². The Hall–Kier alpha value is -2.03. The van der Waals surface area contributed by atoms with Crippen LogP contribution in [0, 0.1) is 0 Å². The minimum atomic E-state index is -4.65. The van der Waals surface area contributed by atoms with Crippen LogP contribution in [-0.2, 0) is 22.1 Å². The van der Waals surface area contributed by atoms with Gasteiger partial charge in [-0.1, -0.05) is 0 Å².